The summed E-state index contributed by atoms with van der Waals surface area (Å²) in [6, 6.07) is 9.52. The molecule has 6 heteroatoms. The van der Waals surface area contributed by atoms with Gasteiger partial charge in [-0.2, -0.15) is 0 Å². The molecule has 0 radical (unpaired) electrons. The number of hydrogen-bond donors (Lipinski definition) is 0. The van der Waals surface area contributed by atoms with Crippen LogP contribution in [0.4, 0.5) is 4.79 Å². The van der Waals surface area contributed by atoms with Crippen LogP contribution in [0.25, 0.3) is 6.08 Å². The molecule has 21 heavy (non-hydrogen) atoms. The molecule has 5 nitrogen and oxygen atoms in total. The van der Waals surface area contributed by atoms with Crippen LogP contribution in [0.3, 0.4) is 0 Å². The number of carboxylic acids is 1. The lowest BCUT2D eigenvalue weighted by atomic mass is 10.1. The first-order chi connectivity index (χ1) is 9.97. The van der Waals surface area contributed by atoms with Crippen molar-refractivity contribution in [1.29, 1.82) is 0 Å². The van der Waals surface area contributed by atoms with Gasteiger partial charge in [0.2, 0.25) is 0 Å². The van der Waals surface area contributed by atoms with Crippen LogP contribution in [0.1, 0.15) is 12.5 Å². The number of allylic oxidation sites excluding steroid dienone is 2. The molecule has 1 aromatic carbocycles. The fourth-order valence-electron chi connectivity index (χ4n) is 1.83. The van der Waals surface area contributed by atoms with Crippen molar-refractivity contribution in [3.63, 3.8) is 0 Å². The molecule has 0 aliphatic carbocycles. The largest absolute Gasteiger partial charge is 0.548 e. The third kappa shape index (κ3) is 3.82. The highest BCUT2D eigenvalue weighted by molar-refractivity contribution is 8.18. The van der Waals surface area contributed by atoms with E-state index in [1.165, 1.54) is 0 Å². The van der Waals surface area contributed by atoms with E-state index in [4.69, 9.17) is 0 Å². The number of hydrogen-bond acceptors (Lipinski definition) is 5. The average Bonchev–Trinajstić information content (AvgIpc) is 2.67. The maximum absolute atomic E-state index is 11.9. The highest BCUT2D eigenvalue weighted by Gasteiger charge is 2.34. The molecular weight excluding hydrogens is 290 g/mol. The highest BCUT2D eigenvalue weighted by Crippen LogP contribution is 2.31. The van der Waals surface area contributed by atoms with Crippen molar-refractivity contribution < 1.29 is 19.5 Å². The Labute approximate surface area is 125 Å². The van der Waals surface area contributed by atoms with E-state index in [0.29, 0.717) is 4.90 Å². The van der Waals surface area contributed by atoms with Crippen LogP contribution in [-0.2, 0) is 9.59 Å². The standard InChI is InChI=1S/C15H13NO4S/c1-10(7-11-5-3-2-4-6-11)8-12-14(19)16(9-13(17)18)15(20)21-12/h2-8H,9H2,1H3,(H,17,18)/p-1/b10-7?,12-8-. The molecule has 108 valence electrons. The van der Waals surface area contributed by atoms with Crippen LogP contribution >= 0.6 is 11.8 Å². The average molecular weight is 302 g/mol. The summed E-state index contributed by atoms with van der Waals surface area (Å²) in [5.41, 5.74) is 1.76. The van der Waals surface area contributed by atoms with Crippen molar-refractivity contribution >= 4 is 35.0 Å². The number of carbonyl (C=O) groups is 3. The minimum absolute atomic E-state index is 0.214. The Hall–Kier alpha value is -2.34. The summed E-state index contributed by atoms with van der Waals surface area (Å²) in [5.74, 6) is -2.06. The topological polar surface area (TPSA) is 77.5 Å². The van der Waals surface area contributed by atoms with Gasteiger partial charge in [-0.3, -0.25) is 14.5 Å². The van der Waals surface area contributed by atoms with E-state index in [2.05, 4.69) is 0 Å². The minimum atomic E-state index is -1.46. The summed E-state index contributed by atoms with van der Waals surface area (Å²) in [4.78, 5) is 34.9. The first-order valence-corrected chi connectivity index (χ1v) is 6.97. The van der Waals surface area contributed by atoms with Gasteiger partial charge in [0.1, 0.15) is 0 Å². The molecule has 0 atom stereocenters. The van der Waals surface area contributed by atoms with Crippen LogP contribution in [0.15, 0.2) is 46.9 Å². The fourth-order valence-corrected chi connectivity index (χ4v) is 2.71. The molecule has 1 fully saturated rings. The van der Waals surface area contributed by atoms with Crippen molar-refractivity contribution in [2.45, 2.75) is 6.92 Å². The van der Waals surface area contributed by atoms with E-state index in [1.54, 1.807) is 13.0 Å². The Bertz CT molecular complexity index is 649. The zero-order valence-electron chi connectivity index (χ0n) is 11.2. The Morgan fingerprint density at radius 3 is 2.57 bits per heavy atom. The molecule has 0 bridgehead atoms. The maximum Gasteiger partial charge on any atom is 0.293 e. The lowest BCUT2D eigenvalue weighted by Crippen LogP contribution is -2.40. The smallest absolute Gasteiger partial charge is 0.293 e. The molecule has 0 unspecified atom stereocenters. The predicted molar refractivity (Wildman–Crippen MR) is 77.9 cm³/mol. The Balaban J connectivity index is 2.18. The number of thioether (sulfide) groups is 1. The number of rotatable bonds is 4. The number of aliphatic carboxylic acids is 1. The zero-order valence-corrected chi connectivity index (χ0v) is 12.1. The van der Waals surface area contributed by atoms with Crippen LogP contribution < -0.4 is 5.11 Å². The van der Waals surface area contributed by atoms with Gasteiger partial charge in [0.05, 0.1) is 17.4 Å². The summed E-state index contributed by atoms with van der Waals surface area (Å²) >= 11 is 0.729. The number of imide groups is 1. The molecule has 0 aromatic heterocycles. The van der Waals surface area contributed by atoms with Crippen LogP contribution in [-0.4, -0.2) is 28.6 Å². The first-order valence-electron chi connectivity index (χ1n) is 6.16. The van der Waals surface area contributed by atoms with E-state index >= 15 is 0 Å². The van der Waals surface area contributed by atoms with Gasteiger partial charge in [-0.15, -0.1) is 0 Å². The summed E-state index contributed by atoms with van der Waals surface area (Å²) in [6.45, 7) is 1.09. The van der Waals surface area contributed by atoms with Crippen molar-refractivity contribution in [2.75, 3.05) is 6.54 Å². The van der Waals surface area contributed by atoms with E-state index in [9.17, 15) is 19.5 Å². The van der Waals surface area contributed by atoms with Gasteiger partial charge >= 0.3 is 0 Å². The van der Waals surface area contributed by atoms with Crippen LogP contribution in [0, 0.1) is 0 Å². The fraction of sp³-hybridized carbons (Fsp3) is 0.133. The van der Waals surface area contributed by atoms with Gasteiger partial charge in [-0.25, -0.2) is 0 Å². The lowest BCUT2D eigenvalue weighted by molar-refractivity contribution is -0.305. The van der Waals surface area contributed by atoms with Crippen molar-refractivity contribution in [2.24, 2.45) is 0 Å². The monoisotopic (exact) mass is 302 g/mol. The number of carbonyl (C=O) groups excluding carboxylic acids is 3. The molecule has 1 aliphatic rings. The summed E-state index contributed by atoms with van der Waals surface area (Å²) in [5, 5.41) is 9.92. The van der Waals surface area contributed by atoms with Gasteiger partial charge in [0, 0.05) is 0 Å². The van der Waals surface area contributed by atoms with Crippen LogP contribution in [0.2, 0.25) is 0 Å². The van der Waals surface area contributed by atoms with Gasteiger partial charge in [-0.1, -0.05) is 36.4 Å². The number of amides is 2. The predicted octanol–water partition coefficient (Wildman–Crippen LogP) is 1.42. The van der Waals surface area contributed by atoms with Gasteiger partial charge in [-0.05, 0) is 35.9 Å². The highest BCUT2D eigenvalue weighted by atomic mass is 32.2. The molecule has 1 aromatic rings. The molecule has 0 N–H and O–H groups in total. The van der Waals surface area contributed by atoms with Crippen molar-refractivity contribution in [3.8, 4) is 0 Å². The van der Waals surface area contributed by atoms with E-state index < -0.39 is 23.7 Å². The third-order valence-corrected chi connectivity index (χ3v) is 3.62. The second-order valence-corrected chi connectivity index (χ2v) is 5.43. The number of benzene rings is 1. The van der Waals surface area contributed by atoms with Crippen molar-refractivity contribution in [1.82, 2.24) is 4.90 Å². The first kappa shape index (κ1) is 15.1. The van der Waals surface area contributed by atoms with E-state index in [1.807, 2.05) is 36.4 Å². The Kier molecular flexibility index (Phi) is 4.59. The molecule has 1 aliphatic heterocycles. The molecule has 2 amide bonds. The van der Waals surface area contributed by atoms with Gasteiger partial charge in [0.25, 0.3) is 11.1 Å². The Morgan fingerprint density at radius 2 is 1.95 bits per heavy atom. The minimum Gasteiger partial charge on any atom is -0.548 e. The third-order valence-electron chi connectivity index (χ3n) is 2.71. The molecule has 1 saturated heterocycles. The van der Waals surface area contributed by atoms with Gasteiger partial charge < -0.3 is 9.90 Å². The van der Waals surface area contributed by atoms with Crippen molar-refractivity contribution in [3.05, 3.63) is 52.4 Å². The normalized spacial score (nSPS) is 17.7. The molecule has 0 saturated carbocycles. The molecule has 0 spiro atoms. The molecule has 1 heterocycles. The number of carboxylic acid groups (broad SMARTS) is 1. The van der Waals surface area contributed by atoms with E-state index in [0.717, 1.165) is 22.9 Å². The van der Waals surface area contributed by atoms with Crippen LogP contribution in [0.5, 0.6) is 0 Å². The summed E-state index contributed by atoms with van der Waals surface area (Å²) in [7, 11) is 0. The van der Waals surface area contributed by atoms with E-state index in [-0.39, 0.29) is 4.91 Å². The molecule has 2 rings (SSSR count). The quantitative estimate of drug-likeness (QED) is 0.786. The SMILES string of the molecule is CC(=Cc1ccccc1)/C=C1\SC(=O)N(CC(=O)[O-])C1=O. The lowest BCUT2D eigenvalue weighted by Gasteiger charge is -2.12. The maximum atomic E-state index is 11.9. The Morgan fingerprint density at radius 1 is 1.29 bits per heavy atom. The number of nitrogens with zero attached hydrogens (tertiary/aromatic N) is 1. The van der Waals surface area contributed by atoms with Gasteiger partial charge in [0.15, 0.2) is 0 Å². The second kappa shape index (κ2) is 6.41. The molecular formula is C15H12NO4S-. The second-order valence-electron chi connectivity index (χ2n) is 4.44. The summed E-state index contributed by atoms with van der Waals surface area (Å²) < 4.78 is 0. The zero-order chi connectivity index (χ0) is 15.4. The summed E-state index contributed by atoms with van der Waals surface area (Å²) in [6.07, 6.45) is 3.44.